The standard InChI is InChI=1S/C19H22F3N3O/c20-19(21,22)26-17-6-4-16(5-7-17)23-11-14-25-12-8-15(9-13-25)18-3-1-2-10-24-18/h1-7,10,15,23H,8-9,11-14H2. The number of benzene rings is 1. The molecule has 0 bridgehead atoms. The van der Waals surface area contributed by atoms with Crippen molar-refractivity contribution in [3.63, 3.8) is 0 Å². The summed E-state index contributed by atoms with van der Waals surface area (Å²) in [7, 11) is 0. The first kappa shape index (κ1) is 18.5. The second-order valence-corrected chi connectivity index (χ2v) is 6.37. The number of rotatable bonds is 6. The van der Waals surface area contributed by atoms with Gasteiger partial charge in [-0.1, -0.05) is 6.07 Å². The Hall–Kier alpha value is -2.28. The Bertz CT molecular complexity index is 669. The van der Waals surface area contributed by atoms with Crippen molar-refractivity contribution in [1.29, 1.82) is 0 Å². The van der Waals surface area contributed by atoms with Crippen molar-refractivity contribution in [1.82, 2.24) is 9.88 Å². The van der Waals surface area contributed by atoms with Crippen LogP contribution in [0.5, 0.6) is 5.75 Å². The molecule has 140 valence electrons. The van der Waals surface area contributed by atoms with Crippen molar-refractivity contribution in [3.8, 4) is 5.75 Å². The summed E-state index contributed by atoms with van der Waals surface area (Å²) in [5.41, 5.74) is 1.95. The lowest BCUT2D eigenvalue weighted by atomic mass is 9.93. The lowest BCUT2D eigenvalue weighted by molar-refractivity contribution is -0.274. The van der Waals surface area contributed by atoms with Gasteiger partial charge in [0.05, 0.1) is 0 Å². The molecule has 1 aromatic heterocycles. The summed E-state index contributed by atoms with van der Waals surface area (Å²) in [6.07, 6.45) is -0.617. The Morgan fingerprint density at radius 1 is 1.08 bits per heavy atom. The fourth-order valence-corrected chi connectivity index (χ4v) is 3.20. The quantitative estimate of drug-likeness (QED) is 0.830. The van der Waals surface area contributed by atoms with Gasteiger partial charge in [-0.3, -0.25) is 4.98 Å². The predicted molar refractivity (Wildman–Crippen MR) is 94.3 cm³/mol. The average Bonchev–Trinajstić information content (AvgIpc) is 2.63. The van der Waals surface area contributed by atoms with Crippen molar-refractivity contribution in [2.75, 3.05) is 31.5 Å². The third-order valence-corrected chi connectivity index (χ3v) is 4.54. The molecular weight excluding hydrogens is 343 g/mol. The highest BCUT2D eigenvalue weighted by atomic mass is 19.4. The number of hydrogen-bond acceptors (Lipinski definition) is 4. The number of alkyl halides is 3. The average molecular weight is 365 g/mol. The molecule has 26 heavy (non-hydrogen) atoms. The Balaban J connectivity index is 1.38. The molecule has 0 atom stereocenters. The minimum absolute atomic E-state index is 0.209. The monoisotopic (exact) mass is 365 g/mol. The molecule has 1 fully saturated rings. The molecule has 4 nitrogen and oxygen atoms in total. The number of likely N-dealkylation sites (tertiary alicyclic amines) is 1. The molecule has 1 N–H and O–H groups in total. The molecule has 1 aliphatic rings. The van der Waals surface area contributed by atoms with E-state index in [-0.39, 0.29) is 5.75 Å². The van der Waals surface area contributed by atoms with E-state index in [0.29, 0.717) is 5.92 Å². The maximum Gasteiger partial charge on any atom is 0.573 e. The normalized spacial score (nSPS) is 16.4. The van der Waals surface area contributed by atoms with E-state index in [1.165, 1.54) is 17.8 Å². The van der Waals surface area contributed by atoms with E-state index in [9.17, 15) is 13.2 Å². The molecule has 0 radical (unpaired) electrons. The SMILES string of the molecule is FC(F)(F)Oc1ccc(NCCN2CCC(c3ccccn3)CC2)cc1. The molecule has 0 spiro atoms. The molecule has 0 amide bonds. The van der Waals surface area contributed by atoms with E-state index < -0.39 is 6.36 Å². The Kier molecular flexibility index (Phi) is 5.98. The number of ether oxygens (including phenoxy) is 1. The van der Waals surface area contributed by atoms with Gasteiger partial charge in [0.25, 0.3) is 0 Å². The highest BCUT2D eigenvalue weighted by molar-refractivity contribution is 5.46. The smallest absolute Gasteiger partial charge is 0.406 e. The first-order valence-corrected chi connectivity index (χ1v) is 8.72. The molecule has 2 aromatic rings. The van der Waals surface area contributed by atoms with Crippen LogP contribution in [-0.4, -0.2) is 42.4 Å². The van der Waals surface area contributed by atoms with Crippen molar-refractivity contribution in [3.05, 3.63) is 54.4 Å². The van der Waals surface area contributed by atoms with Gasteiger partial charge < -0.3 is 15.0 Å². The predicted octanol–water partition coefficient (Wildman–Crippen LogP) is 4.27. The van der Waals surface area contributed by atoms with Crippen LogP contribution < -0.4 is 10.1 Å². The van der Waals surface area contributed by atoms with Crippen molar-refractivity contribution < 1.29 is 17.9 Å². The summed E-state index contributed by atoms with van der Waals surface area (Å²) < 4.78 is 40.3. The van der Waals surface area contributed by atoms with Gasteiger partial charge in [0.1, 0.15) is 5.75 Å². The summed E-state index contributed by atoms with van der Waals surface area (Å²) in [4.78, 5) is 6.84. The highest BCUT2D eigenvalue weighted by Crippen LogP contribution is 2.26. The van der Waals surface area contributed by atoms with Gasteiger partial charge in [0, 0.05) is 36.6 Å². The maximum absolute atomic E-state index is 12.1. The lowest BCUT2D eigenvalue weighted by Crippen LogP contribution is -2.36. The van der Waals surface area contributed by atoms with Gasteiger partial charge in [-0.05, 0) is 62.3 Å². The van der Waals surface area contributed by atoms with Gasteiger partial charge >= 0.3 is 6.36 Å². The molecular formula is C19H22F3N3O. The zero-order valence-corrected chi connectivity index (χ0v) is 14.4. The van der Waals surface area contributed by atoms with Gasteiger partial charge in [0.15, 0.2) is 0 Å². The van der Waals surface area contributed by atoms with Gasteiger partial charge in [-0.2, -0.15) is 0 Å². The fourth-order valence-electron chi connectivity index (χ4n) is 3.20. The molecule has 1 aliphatic heterocycles. The second kappa shape index (κ2) is 8.40. The van der Waals surface area contributed by atoms with E-state index in [4.69, 9.17) is 0 Å². The first-order chi connectivity index (χ1) is 12.5. The van der Waals surface area contributed by atoms with E-state index >= 15 is 0 Å². The van der Waals surface area contributed by atoms with Crippen molar-refractivity contribution in [2.24, 2.45) is 0 Å². The van der Waals surface area contributed by atoms with Crippen LogP contribution in [0.3, 0.4) is 0 Å². The Morgan fingerprint density at radius 3 is 2.42 bits per heavy atom. The number of halogens is 3. The minimum Gasteiger partial charge on any atom is -0.406 e. The fraction of sp³-hybridized carbons (Fsp3) is 0.421. The van der Waals surface area contributed by atoms with E-state index in [2.05, 4.69) is 26.0 Å². The summed E-state index contributed by atoms with van der Waals surface area (Å²) in [5, 5.41) is 3.23. The summed E-state index contributed by atoms with van der Waals surface area (Å²) >= 11 is 0. The number of piperidine rings is 1. The van der Waals surface area contributed by atoms with Crippen molar-refractivity contribution >= 4 is 5.69 Å². The van der Waals surface area contributed by atoms with Gasteiger partial charge in [0.2, 0.25) is 0 Å². The summed E-state index contributed by atoms with van der Waals surface area (Å²) in [6, 6.07) is 11.9. The maximum atomic E-state index is 12.1. The molecule has 7 heteroatoms. The van der Waals surface area contributed by atoms with E-state index in [0.717, 1.165) is 44.7 Å². The third-order valence-electron chi connectivity index (χ3n) is 4.54. The van der Waals surface area contributed by atoms with Crippen LogP contribution in [-0.2, 0) is 0 Å². The van der Waals surface area contributed by atoms with E-state index in [1.807, 2.05) is 18.3 Å². The third kappa shape index (κ3) is 5.62. The van der Waals surface area contributed by atoms with Crippen LogP contribution in [0, 0.1) is 0 Å². The number of nitrogens with one attached hydrogen (secondary N) is 1. The topological polar surface area (TPSA) is 37.4 Å². The highest BCUT2D eigenvalue weighted by Gasteiger charge is 2.30. The van der Waals surface area contributed by atoms with Gasteiger partial charge in [-0.15, -0.1) is 13.2 Å². The summed E-state index contributed by atoms with van der Waals surface area (Å²) in [6.45, 7) is 3.70. The number of aromatic nitrogens is 1. The van der Waals surface area contributed by atoms with Crippen LogP contribution in [0.1, 0.15) is 24.5 Å². The second-order valence-electron chi connectivity index (χ2n) is 6.37. The van der Waals surface area contributed by atoms with Crippen LogP contribution in [0.2, 0.25) is 0 Å². The van der Waals surface area contributed by atoms with Crippen LogP contribution in [0.4, 0.5) is 18.9 Å². The zero-order chi connectivity index (χ0) is 18.4. The summed E-state index contributed by atoms with van der Waals surface area (Å²) in [5.74, 6) is 0.321. The Labute approximate surface area is 151 Å². The molecule has 1 aromatic carbocycles. The lowest BCUT2D eigenvalue weighted by Gasteiger charge is -2.31. The molecule has 0 unspecified atom stereocenters. The van der Waals surface area contributed by atoms with Crippen LogP contribution >= 0.6 is 0 Å². The van der Waals surface area contributed by atoms with E-state index in [1.54, 1.807) is 12.1 Å². The molecule has 0 aliphatic carbocycles. The minimum atomic E-state index is -4.66. The molecule has 3 rings (SSSR count). The molecule has 2 heterocycles. The Morgan fingerprint density at radius 2 is 1.81 bits per heavy atom. The van der Waals surface area contributed by atoms with Crippen LogP contribution in [0.15, 0.2) is 48.7 Å². The first-order valence-electron chi connectivity index (χ1n) is 8.72. The van der Waals surface area contributed by atoms with Crippen molar-refractivity contribution in [2.45, 2.75) is 25.1 Å². The number of pyridine rings is 1. The van der Waals surface area contributed by atoms with Crippen LogP contribution in [0.25, 0.3) is 0 Å². The molecule has 0 saturated carbocycles. The largest absolute Gasteiger partial charge is 0.573 e. The number of anilines is 1. The zero-order valence-electron chi connectivity index (χ0n) is 14.4. The van der Waals surface area contributed by atoms with Gasteiger partial charge in [-0.25, -0.2) is 0 Å². The number of hydrogen-bond donors (Lipinski definition) is 1. The number of nitrogens with zero attached hydrogens (tertiary/aromatic N) is 2. The molecule has 1 saturated heterocycles.